The Balaban J connectivity index is 1.88. The molecular formula is C23H16FN3O. The number of methoxy groups -OCH3 is 1. The number of nitrogens with zero attached hydrogens (tertiary/aromatic N) is 3. The van der Waals surface area contributed by atoms with E-state index in [0.717, 1.165) is 44.5 Å². The predicted octanol–water partition coefficient (Wildman–Crippen LogP) is 5.39. The molecule has 2 heterocycles. The molecule has 0 unspecified atom stereocenters. The van der Waals surface area contributed by atoms with E-state index in [1.54, 1.807) is 13.2 Å². The monoisotopic (exact) mass is 369 g/mol. The highest BCUT2D eigenvalue weighted by atomic mass is 19.1. The van der Waals surface area contributed by atoms with Crippen molar-refractivity contribution in [2.24, 2.45) is 0 Å². The molecule has 5 aromatic rings. The van der Waals surface area contributed by atoms with E-state index >= 15 is 0 Å². The van der Waals surface area contributed by atoms with Crippen molar-refractivity contribution in [1.82, 2.24) is 14.8 Å². The summed E-state index contributed by atoms with van der Waals surface area (Å²) in [6, 6.07) is 22.2. The van der Waals surface area contributed by atoms with Gasteiger partial charge in [0.2, 0.25) is 0 Å². The van der Waals surface area contributed by atoms with Gasteiger partial charge in [-0.1, -0.05) is 30.3 Å². The van der Waals surface area contributed by atoms with Crippen molar-refractivity contribution in [2.75, 3.05) is 7.11 Å². The number of pyridine rings is 1. The third-order valence-corrected chi connectivity index (χ3v) is 4.83. The summed E-state index contributed by atoms with van der Waals surface area (Å²) in [6.07, 6.45) is 1.81. The van der Waals surface area contributed by atoms with Crippen molar-refractivity contribution < 1.29 is 9.13 Å². The van der Waals surface area contributed by atoms with E-state index < -0.39 is 0 Å². The summed E-state index contributed by atoms with van der Waals surface area (Å²) in [5.41, 5.74) is 4.21. The fourth-order valence-electron chi connectivity index (χ4n) is 3.48. The number of hydrogen-bond donors (Lipinski definition) is 0. The van der Waals surface area contributed by atoms with E-state index in [1.165, 1.54) is 12.1 Å². The van der Waals surface area contributed by atoms with Crippen molar-refractivity contribution >= 4 is 21.8 Å². The molecule has 0 aliphatic heterocycles. The Kier molecular flexibility index (Phi) is 3.79. The Labute approximate surface area is 160 Å². The standard InChI is InChI=1S/C23H16FN3O/c1-28-18-10-8-17(9-11-18)27-23-19-13-16(24)7-12-21(19)25-14-20(23)22(26-27)15-5-3-2-4-6-15/h2-14H,1H3. The molecule has 28 heavy (non-hydrogen) atoms. The Bertz CT molecular complexity index is 1290. The minimum absolute atomic E-state index is 0.300. The SMILES string of the molecule is COc1ccc(-n2nc(-c3ccccc3)c3cnc4ccc(F)cc4c32)cc1. The maximum absolute atomic E-state index is 14.1. The van der Waals surface area contributed by atoms with Crippen LogP contribution in [0.15, 0.2) is 79.0 Å². The highest BCUT2D eigenvalue weighted by molar-refractivity contribution is 6.08. The van der Waals surface area contributed by atoms with Crippen LogP contribution in [0.1, 0.15) is 0 Å². The third kappa shape index (κ3) is 2.60. The normalized spacial score (nSPS) is 11.2. The van der Waals surface area contributed by atoms with Crippen molar-refractivity contribution in [3.63, 3.8) is 0 Å². The zero-order valence-electron chi connectivity index (χ0n) is 15.1. The molecule has 0 bridgehead atoms. The minimum atomic E-state index is -0.300. The first-order valence-corrected chi connectivity index (χ1v) is 8.91. The largest absolute Gasteiger partial charge is 0.497 e. The molecule has 0 saturated carbocycles. The second-order valence-electron chi connectivity index (χ2n) is 6.51. The molecule has 3 aromatic carbocycles. The molecule has 0 amide bonds. The number of hydrogen-bond acceptors (Lipinski definition) is 3. The smallest absolute Gasteiger partial charge is 0.124 e. The molecule has 4 nitrogen and oxygen atoms in total. The zero-order chi connectivity index (χ0) is 19.1. The van der Waals surface area contributed by atoms with Gasteiger partial charge in [-0.3, -0.25) is 4.98 Å². The van der Waals surface area contributed by atoms with Crippen molar-refractivity contribution in [1.29, 1.82) is 0 Å². The van der Waals surface area contributed by atoms with Crippen LogP contribution in [0.5, 0.6) is 5.75 Å². The summed E-state index contributed by atoms with van der Waals surface area (Å²) < 4.78 is 21.2. The molecule has 136 valence electrons. The van der Waals surface area contributed by atoms with Crippen LogP contribution in [0.4, 0.5) is 4.39 Å². The number of fused-ring (bicyclic) bond motifs is 3. The molecule has 0 radical (unpaired) electrons. The van der Waals surface area contributed by atoms with Gasteiger partial charge in [-0.15, -0.1) is 0 Å². The predicted molar refractivity (Wildman–Crippen MR) is 108 cm³/mol. The van der Waals surface area contributed by atoms with Crippen molar-refractivity contribution in [3.8, 4) is 22.7 Å². The summed E-state index contributed by atoms with van der Waals surface area (Å²) in [5.74, 6) is 0.464. The topological polar surface area (TPSA) is 39.9 Å². The second kappa shape index (κ2) is 6.46. The Morgan fingerprint density at radius 2 is 1.68 bits per heavy atom. The molecule has 5 rings (SSSR count). The lowest BCUT2D eigenvalue weighted by Crippen LogP contribution is -1.97. The van der Waals surface area contributed by atoms with Crippen LogP contribution in [0.3, 0.4) is 0 Å². The molecule has 0 aliphatic carbocycles. The molecule has 0 saturated heterocycles. The van der Waals surface area contributed by atoms with E-state index in [2.05, 4.69) is 4.98 Å². The molecule has 0 atom stereocenters. The Morgan fingerprint density at radius 3 is 2.43 bits per heavy atom. The molecule has 2 aromatic heterocycles. The number of ether oxygens (including phenoxy) is 1. The third-order valence-electron chi connectivity index (χ3n) is 4.83. The van der Waals surface area contributed by atoms with E-state index in [1.807, 2.05) is 65.5 Å². The van der Waals surface area contributed by atoms with Gasteiger partial charge in [0.15, 0.2) is 0 Å². The van der Waals surface area contributed by atoms with E-state index in [0.29, 0.717) is 0 Å². The maximum Gasteiger partial charge on any atom is 0.124 e. The van der Waals surface area contributed by atoms with Crippen LogP contribution < -0.4 is 4.74 Å². The summed E-state index contributed by atoms with van der Waals surface area (Å²) >= 11 is 0. The van der Waals surface area contributed by atoms with Gasteiger partial charge in [0, 0.05) is 22.5 Å². The van der Waals surface area contributed by atoms with Crippen LogP contribution in [-0.2, 0) is 0 Å². The summed E-state index contributed by atoms with van der Waals surface area (Å²) in [6.45, 7) is 0. The first kappa shape index (κ1) is 16.4. The van der Waals surface area contributed by atoms with Crippen LogP contribution in [0.25, 0.3) is 38.8 Å². The first-order chi connectivity index (χ1) is 13.7. The van der Waals surface area contributed by atoms with E-state index in [-0.39, 0.29) is 5.82 Å². The van der Waals surface area contributed by atoms with Crippen molar-refractivity contribution in [3.05, 3.63) is 84.8 Å². The molecular weight excluding hydrogens is 353 g/mol. The Hall–Kier alpha value is -3.73. The van der Waals surface area contributed by atoms with E-state index in [4.69, 9.17) is 9.84 Å². The number of halogens is 1. The highest BCUT2D eigenvalue weighted by Gasteiger charge is 2.17. The van der Waals surface area contributed by atoms with Crippen LogP contribution in [-0.4, -0.2) is 21.9 Å². The van der Waals surface area contributed by atoms with Gasteiger partial charge in [0.05, 0.1) is 23.8 Å². The lowest BCUT2D eigenvalue weighted by molar-refractivity contribution is 0.414. The Morgan fingerprint density at radius 1 is 0.893 bits per heavy atom. The number of aromatic nitrogens is 3. The average molecular weight is 369 g/mol. The van der Waals surface area contributed by atoms with Crippen LogP contribution in [0.2, 0.25) is 0 Å². The lowest BCUT2D eigenvalue weighted by Gasteiger charge is -2.07. The number of benzene rings is 3. The van der Waals surface area contributed by atoms with Gasteiger partial charge >= 0.3 is 0 Å². The molecule has 0 N–H and O–H groups in total. The van der Waals surface area contributed by atoms with E-state index in [9.17, 15) is 4.39 Å². The van der Waals surface area contributed by atoms with Gasteiger partial charge in [-0.05, 0) is 42.5 Å². The highest BCUT2D eigenvalue weighted by Crippen LogP contribution is 2.34. The molecule has 0 aliphatic rings. The fourth-order valence-corrected chi connectivity index (χ4v) is 3.48. The molecule has 5 heteroatoms. The van der Waals surface area contributed by atoms with Crippen LogP contribution >= 0.6 is 0 Å². The number of rotatable bonds is 3. The lowest BCUT2D eigenvalue weighted by atomic mass is 10.1. The zero-order valence-corrected chi connectivity index (χ0v) is 15.1. The van der Waals surface area contributed by atoms with Gasteiger partial charge in [-0.25, -0.2) is 9.07 Å². The quantitative estimate of drug-likeness (QED) is 0.428. The maximum atomic E-state index is 14.1. The molecule has 0 spiro atoms. The molecule has 0 fully saturated rings. The van der Waals surface area contributed by atoms with Gasteiger partial charge in [-0.2, -0.15) is 5.10 Å². The van der Waals surface area contributed by atoms with Crippen LogP contribution in [0, 0.1) is 5.82 Å². The van der Waals surface area contributed by atoms with Gasteiger partial charge in [0.1, 0.15) is 17.3 Å². The first-order valence-electron chi connectivity index (χ1n) is 8.91. The van der Waals surface area contributed by atoms with Gasteiger partial charge in [0.25, 0.3) is 0 Å². The van der Waals surface area contributed by atoms with Crippen molar-refractivity contribution in [2.45, 2.75) is 0 Å². The minimum Gasteiger partial charge on any atom is -0.497 e. The van der Waals surface area contributed by atoms with Gasteiger partial charge < -0.3 is 4.74 Å². The fraction of sp³-hybridized carbons (Fsp3) is 0.0435. The summed E-state index contributed by atoms with van der Waals surface area (Å²) in [5, 5.41) is 6.48. The second-order valence-corrected chi connectivity index (χ2v) is 6.51. The summed E-state index contributed by atoms with van der Waals surface area (Å²) in [7, 11) is 1.63. The summed E-state index contributed by atoms with van der Waals surface area (Å²) in [4.78, 5) is 4.53. The average Bonchev–Trinajstić information content (AvgIpc) is 3.14.